The molecule has 15 aromatic rings. The number of para-hydroxylation sites is 6. The highest BCUT2D eigenvalue weighted by Gasteiger charge is 2.28. The fraction of sp³-hybridized carbons (Fsp3) is 0.173. The van der Waals surface area contributed by atoms with E-state index in [1.54, 1.807) is 0 Å². The summed E-state index contributed by atoms with van der Waals surface area (Å²) in [4.78, 5) is 4.70. The third kappa shape index (κ3) is 7.53. The van der Waals surface area contributed by atoms with Crippen molar-refractivity contribution in [3.05, 3.63) is 216 Å². The Hall–Kier alpha value is -9.26. The van der Waals surface area contributed by atoms with Crippen molar-refractivity contribution < 1.29 is 17.7 Å². The van der Waals surface area contributed by atoms with Gasteiger partial charge in [0.25, 0.3) is 0 Å². The van der Waals surface area contributed by atoms with E-state index in [4.69, 9.17) is 17.7 Å². The maximum Gasteiger partial charge on any atom is 0.159 e. The highest BCUT2D eigenvalue weighted by Crippen LogP contribution is 2.50. The molecule has 0 atom stereocenters. The number of fused-ring (bicyclic) bond motifs is 14. The summed E-state index contributed by atoms with van der Waals surface area (Å²) < 4.78 is 28.1. The molecule has 0 aliphatic carbocycles. The molecule has 396 valence electrons. The molecule has 0 fully saturated rings. The zero-order valence-electron chi connectivity index (χ0n) is 47.5. The van der Waals surface area contributed by atoms with Crippen LogP contribution in [0.1, 0.15) is 89.1 Å². The molecular formula is C75H62N2O4. The van der Waals surface area contributed by atoms with Gasteiger partial charge in [-0.15, -0.1) is 0 Å². The Morgan fingerprint density at radius 1 is 0.333 bits per heavy atom. The van der Waals surface area contributed by atoms with Crippen molar-refractivity contribution in [1.82, 2.24) is 0 Å². The number of furan rings is 4. The van der Waals surface area contributed by atoms with Gasteiger partial charge in [0.1, 0.15) is 33.5 Å². The van der Waals surface area contributed by atoms with Crippen molar-refractivity contribution in [2.45, 2.75) is 86.0 Å². The molecule has 0 amide bonds. The van der Waals surface area contributed by atoms with E-state index in [-0.39, 0.29) is 16.7 Å². The second-order valence-corrected chi connectivity index (χ2v) is 24.8. The first-order valence-electron chi connectivity index (χ1n) is 28.4. The predicted octanol–water partition coefficient (Wildman–Crippen LogP) is 22.9. The fourth-order valence-corrected chi connectivity index (χ4v) is 13.1. The molecule has 81 heavy (non-hydrogen) atoms. The smallest absolute Gasteiger partial charge is 0.159 e. The SMILES string of the molecule is Cc1ccccc1N(c1ccc2cc3c(cc2c1)oc1c(C(C)C)c2c(cc13)oc1cc3cc(N(c4ccccc4C)c4cccc5c4oc4c(C(C)(C)C)cccc45)ccc3cc12)c1cccc2c1oc1c(C(C)(C)C)cccc12. The summed E-state index contributed by atoms with van der Waals surface area (Å²) in [5.41, 5.74) is 19.0. The quantitative estimate of drug-likeness (QED) is 0.159. The van der Waals surface area contributed by atoms with E-state index in [1.165, 1.54) is 11.1 Å². The second kappa shape index (κ2) is 17.6. The molecule has 6 heteroatoms. The first-order chi connectivity index (χ1) is 39.1. The number of benzene rings is 11. The average molecular weight is 1060 g/mol. The van der Waals surface area contributed by atoms with Gasteiger partial charge in [-0.3, -0.25) is 0 Å². The maximum absolute atomic E-state index is 7.11. The average Bonchev–Trinajstić information content (AvgIpc) is 4.43. The van der Waals surface area contributed by atoms with Crippen LogP contribution in [0.4, 0.5) is 34.1 Å². The molecule has 11 aromatic carbocycles. The lowest BCUT2D eigenvalue weighted by molar-refractivity contribution is 0.572. The van der Waals surface area contributed by atoms with Gasteiger partial charge >= 0.3 is 0 Å². The van der Waals surface area contributed by atoms with Gasteiger partial charge in [-0.2, -0.15) is 0 Å². The molecule has 4 aromatic heterocycles. The Labute approximate surface area is 470 Å². The maximum atomic E-state index is 7.11. The molecule has 0 radical (unpaired) electrons. The minimum absolute atomic E-state index is 0.0867. The number of rotatable bonds is 7. The summed E-state index contributed by atoms with van der Waals surface area (Å²) in [6.07, 6.45) is 0. The van der Waals surface area contributed by atoms with E-state index in [0.29, 0.717) is 0 Å². The molecule has 0 aliphatic rings. The number of hydrogen-bond donors (Lipinski definition) is 0. The van der Waals surface area contributed by atoms with Crippen molar-refractivity contribution in [3.63, 3.8) is 0 Å². The Morgan fingerprint density at radius 2 is 0.778 bits per heavy atom. The van der Waals surface area contributed by atoms with Crippen molar-refractivity contribution in [2.24, 2.45) is 0 Å². The van der Waals surface area contributed by atoms with Crippen LogP contribution in [-0.4, -0.2) is 0 Å². The van der Waals surface area contributed by atoms with Crippen LogP contribution >= 0.6 is 0 Å². The van der Waals surface area contributed by atoms with Gasteiger partial charge in [0.2, 0.25) is 0 Å². The second-order valence-electron chi connectivity index (χ2n) is 24.8. The van der Waals surface area contributed by atoms with E-state index in [9.17, 15) is 0 Å². The molecule has 4 heterocycles. The fourth-order valence-electron chi connectivity index (χ4n) is 13.1. The highest BCUT2D eigenvalue weighted by molar-refractivity contribution is 6.21. The van der Waals surface area contributed by atoms with Crippen LogP contribution in [-0.2, 0) is 10.8 Å². The Bertz CT molecular complexity index is 4900. The first kappa shape index (κ1) is 48.8. The van der Waals surface area contributed by atoms with Gasteiger partial charge in [0, 0.05) is 82.5 Å². The zero-order chi connectivity index (χ0) is 55.4. The van der Waals surface area contributed by atoms with Crippen LogP contribution < -0.4 is 9.80 Å². The lowest BCUT2D eigenvalue weighted by atomic mass is 9.86. The minimum atomic E-state index is -0.0867. The van der Waals surface area contributed by atoms with Crippen LogP contribution in [0.15, 0.2) is 206 Å². The molecule has 6 nitrogen and oxygen atoms in total. The first-order valence-corrected chi connectivity index (χ1v) is 28.4. The van der Waals surface area contributed by atoms with Crippen molar-refractivity contribution in [3.8, 4) is 0 Å². The topological polar surface area (TPSA) is 59.0 Å². The monoisotopic (exact) mass is 1050 g/mol. The van der Waals surface area contributed by atoms with E-state index in [2.05, 4.69) is 267 Å². The Balaban J connectivity index is 0.864. The third-order valence-corrected chi connectivity index (χ3v) is 17.0. The van der Waals surface area contributed by atoms with E-state index >= 15 is 0 Å². The molecular weight excluding hydrogens is 993 g/mol. The number of hydrogen-bond acceptors (Lipinski definition) is 6. The van der Waals surface area contributed by atoms with Gasteiger partial charge < -0.3 is 27.5 Å². The summed E-state index contributed by atoms with van der Waals surface area (Å²) in [6, 6.07) is 68.1. The van der Waals surface area contributed by atoms with E-state index in [1.807, 2.05) is 0 Å². The summed E-state index contributed by atoms with van der Waals surface area (Å²) in [7, 11) is 0. The van der Waals surface area contributed by atoms with E-state index < -0.39 is 0 Å². The van der Waals surface area contributed by atoms with Crippen molar-refractivity contribution in [2.75, 3.05) is 9.80 Å². The molecule has 0 saturated heterocycles. The highest BCUT2D eigenvalue weighted by atomic mass is 16.3. The molecule has 0 aliphatic heterocycles. The molecule has 15 rings (SSSR count). The Kier molecular flexibility index (Phi) is 10.6. The Morgan fingerprint density at radius 3 is 1.26 bits per heavy atom. The zero-order valence-corrected chi connectivity index (χ0v) is 47.5. The van der Waals surface area contributed by atoms with Gasteiger partial charge in [0.15, 0.2) is 11.2 Å². The summed E-state index contributed by atoms with van der Waals surface area (Å²) >= 11 is 0. The van der Waals surface area contributed by atoms with Crippen LogP contribution in [0.2, 0.25) is 0 Å². The van der Waals surface area contributed by atoms with Gasteiger partial charge in [-0.05, 0) is 142 Å². The van der Waals surface area contributed by atoms with Crippen LogP contribution in [0.25, 0.3) is 109 Å². The standard InChI is InChI=1S/C75H62N2O4/c1-42(2)67-68-57-38-46-32-34-50(77(61-28-14-12-20-44(61)4)63-30-18-24-54-52-22-16-26-59(75(8,9)10)70(52)81-72(54)63)36-48(46)40-65(57)78-66(68)41-56-55-37-45-31-33-49(35-47(45)39-64(55)79-73(56)67)76(60-27-13-11-19-43(60)3)62-29-17-23-53-51-21-15-25-58(74(5,6)7)69(51)80-71(53)62/h11-42H,1-10H3. The largest absolute Gasteiger partial charge is 0.456 e. The lowest BCUT2D eigenvalue weighted by Gasteiger charge is -2.27. The molecule has 0 spiro atoms. The van der Waals surface area contributed by atoms with Crippen LogP contribution in [0, 0.1) is 13.8 Å². The normalized spacial score (nSPS) is 12.7. The van der Waals surface area contributed by atoms with Crippen LogP contribution in [0.3, 0.4) is 0 Å². The molecule has 0 N–H and O–H groups in total. The number of aryl methyl sites for hydroxylation is 2. The van der Waals surface area contributed by atoms with E-state index in [0.717, 1.165) is 160 Å². The lowest BCUT2D eigenvalue weighted by Crippen LogP contribution is -2.11. The van der Waals surface area contributed by atoms with Gasteiger partial charge in [0.05, 0.1) is 11.4 Å². The molecule has 0 bridgehead atoms. The summed E-state index contributed by atoms with van der Waals surface area (Å²) in [6.45, 7) is 22.4. The summed E-state index contributed by atoms with van der Waals surface area (Å²) in [5, 5.41) is 13.2. The number of anilines is 6. The van der Waals surface area contributed by atoms with Crippen LogP contribution in [0.5, 0.6) is 0 Å². The third-order valence-electron chi connectivity index (χ3n) is 17.0. The van der Waals surface area contributed by atoms with Crippen molar-refractivity contribution in [1.29, 1.82) is 0 Å². The molecule has 0 unspecified atom stereocenters. The van der Waals surface area contributed by atoms with Crippen molar-refractivity contribution >= 4 is 143 Å². The minimum Gasteiger partial charge on any atom is -0.456 e. The molecule has 0 saturated carbocycles. The summed E-state index contributed by atoms with van der Waals surface area (Å²) in [5.74, 6) is 0.142. The van der Waals surface area contributed by atoms with Gasteiger partial charge in [-0.25, -0.2) is 0 Å². The predicted molar refractivity (Wildman–Crippen MR) is 341 cm³/mol. The number of nitrogens with zero attached hydrogens (tertiary/aromatic N) is 2. The van der Waals surface area contributed by atoms with Gasteiger partial charge in [-0.1, -0.05) is 165 Å².